The van der Waals surface area contributed by atoms with Gasteiger partial charge < -0.3 is 15.1 Å². The zero-order valence-corrected chi connectivity index (χ0v) is 23.8. The van der Waals surface area contributed by atoms with Crippen LogP contribution in [0.2, 0.25) is 0 Å². The highest BCUT2D eigenvalue weighted by molar-refractivity contribution is 7.11. The Morgan fingerprint density at radius 2 is 1.97 bits per heavy atom. The summed E-state index contributed by atoms with van der Waals surface area (Å²) in [6, 6.07) is 0.240. The maximum Gasteiger partial charge on any atom is 0.245 e. The summed E-state index contributed by atoms with van der Waals surface area (Å²) >= 11 is 1.68. The minimum absolute atomic E-state index is 0.0321. The van der Waals surface area contributed by atoms with Gasteiger partial charge in [-0.05, 0) is 56.4 Å². The second-order valence-corrected chi connectivity index (χ2v) is 13.9. The lowest BCUT2D eigenvalue weighted by Gasteiger charge is -2.47. The Morgan fingerprint density at radius 1 is 1.19 bits per heavy atom. The average molecular weight is 524 g/mol. The Labute approximate surface area is 225 Å². The van der Waals surface area contributed by atoms with E-state index in [1.165, 1.54) is 17.3 Å². The van der Waals surface area contributed by atoms with E-state index in [1.54, 1.807) is 11.3 Å². The van der Waals surface area contributed by atoms with Gasteiger partial charge in [-0.3, -0.25) is 4.79 Å². The summed E-state index contributed by atoms with van der Waals surface area (Å²) in [6.07, 6.45) is 7.48. The van der Waals surface area contributed by atoms with Crippen molar-refractivity contribution in [1.29, 1.82) is 0 Å². The number of carbonyl (C=O) groups is 1. The Morgan fingerprint density at radius 3 is 2.65 bits per heavy atom. The first kappa shape index (κ1) is 26.1. The van der Waals surface area contributed by atoms with Gasteiger partial charge in [-0.25, -0.2) is 4.98 Å². The number of nitrogens with zero attached hydrogens (tertiary/aromatic N) is 6. The van der Waals surface area contributed by atoms with Crippen LogP contribution in [0, 0.1) is 23.7 Å². The first-order valence-electron chi connectivity index (χ1n) is 13.7. The van der Waals surface area contributed by atoms with Crippen molar-refractivity contribution >= 4 is 29.0 Å². The second kappa shape index (κ2) is 9.97. The first-order chi connectivity index (χ1) is 17.5. The van der Waals surface area contributed by atoms with E-state index in [9.17, 15) is 4.79 Å². The van der Waals surface area contributed by atoms with E-state index in [0.29, 0.717) is 5.92 Å². The summed E-state index contributed by atoms with van der Waals surface area (Å²) in [5.74, 6) is 2.42. The Bertz CT molecular complexity index is 1170. The molecule has 1 atom stereocenters. The van der Waals surface area contributed by atoms with Crippen LogP contribution in [-0.2, 0) is 24.1 Å². The van der Waals surface area contributed by atoms with Gasteiger partial charge in [0, 0.05) is 49.6 Å². The van der Waals surface area contributed by atoms with Crippen molar-refractivity contribution in [1.82, 2.24) is 25.1 Å². The quantitative estimate of drug-likeness (QED) is 0.512. The second-order valence-electron chi connectivity index (χ2n) is 12.6. The average Bonchev–Trinajstić information content (AvgIpc) is 3.42. The van der Waals surface area contributed by atoms with Gasteiger partial charge in [0.25, 0.3) is 0 Å². The van der Waals surface area contributed by atoms with Crippen molar-refractivity contribution < 1.29 is 4.79 Å². The minimum atomic E-state index is 0.0321. The normalized spacial score (nSPS) is 20.6. The number of fused-ring (bicyclic) bond motifs is 1. The summed E-state index contributed by atoms with van der Waals surface area (Å²) in [7, 11) is 0. The van der Waals surface area contributed by atoms with Crippen molar-refractivity contribution in [2.75, 3.05) is 36.4 Å². The van der Waals surface area contributed by atoms with Crippen LogP contribution >= 0.6 is 11.3 Å². The molecule has 2 aromatic heterocycles. The summed E-state index contributed by atoms with van der Waals surface area (Å²) < 4.78 is 0. The predicted molar refractivity (Wildman–Crippen MR) is 149 cm³/mol. The van der Waals surface area contributed by atoms with Crippen LogP contribution in [0.5, 0.6) is 0 Å². The predicted octanol–water partition coefficient (Wildman–Crippen LogP) is 4.45. The Hall–Kier alpha value is -2.55. The molecule has 0 unspecified atom stereocenters. The first-order valence-corrected chi connectivity index (χ1v) is 14.5. The number of anilines is 2. The molecule has 3 aliphatic rings. The van der Waals surface area contributed by atoms with E-state index in [-0.39, 0.29) is 22.8 Å². The minimum Gasteiger partial charge on any atom is -0.367 e. The molecule has 1 amide bonds. The topological polar surface area (TPSA) is 87.1 Å². The summed E-state index contributed by atoms with van der Waals surface area (Å²) in [4.78, 5) is 26.6. The zero-order chi connectivity index (χ0) is 26.4. The molecule has 8 nitrogen and oxygen atoms in total. The van der Waals surface area contributed by atoms with Crippen molar-refractivity contribution in [3.8, 4) is 0 Å². The lowest BCUT2D eigenvalue weighted by Crippen LogP contribution is -2.59. The Kier molecular flexibility index (Phi) is 7.02. The molecule has 9 heteroatoms. The molecule has 200 valence electrons. The number of aromatic nitrogens is 4. The molecule has 2 saturated heterocycles. The fourth-order valence-electron chi connectivity index (χ4n) is 6.19. The number of nitrogens with one attached hydrogen (secondary N) is 1. The van der Waals surface area contributed by atoms with Crippen molar-refractivity contribution in [2.24, 2.45) is 16.7 Å². The molecule has 0 aromatic carbocycles. The molecule has 2 fully saturated rings. The van der Waals surface area contributed by atoms with E-state index in [4.69, 9.17) is 9.97 Å². The van der Waals surface area contributed by atoms with Gasteiger partial charge >= 0.3 is 0 Å². The number of hydrogen-bond acceptors (Lipinski definition) is 8. The number of rotatable bonds is 8. The largest absolute Gasteiger partial charge is 0.367 e. The number of likely N-dealkylation sites (tertiary alicyclic amines) is 1. The number of carbonyl (C=O) groups excluding carboxylic acids is 1. The molecule has 2 aromatic rings. The highest BCUT2D eigenvalue weighted by Gasteiger charge is 2.49. The molecule has 4 heterocycles. The van der Waals surface area contributed by atoms with Gasteiger partial charge in [-0.15, -0.1) is 21.5 Å². The lowest BCUT2D eigenvalue weighted by atomic mass is 9.76. The molecule has 2 aliphatic heterocycles. The van der Waals surface area contributed by atoms with Crippen LogP contribution in [0.1, 0.15) is 68.2 Å². The molecule has 37 heavy (non-hydrogen) atoms. The third-order valence-corrected chi connectivity index (χ3v) is 8.99. The smallest absolute Gasteiger partial charge is 0.245 e. The van der Waals surface area contributed by atoms with E-state index < -0.39 is 0 Å². The summed E-state index contributed by atoms with van der Waals surface area (Å²) in [5, 5.41) is 14.6. The molecule has 1 spiro atoms. The number of amides is 1. The van der Waals surface area contributed by atoms with Crippen LogP contribution in [0.25, 0.3) is 0 Å². The highest BCUT2D eigenvalue weighted by atomic mass is 32.1. The molecule has 5 rings (SSSR count). The molecular weight excluding hydrogens is 482 g/mol. The standard InChI is InChI=1S/C28H41N7OS/c1-7-24(36)35-16-28(17-35)10-11-34(15-28)26-30-22-14-27(5,6)9-8-21(22)25(31-26)29-20(12-18(2)3)13-23-33-32-19(4)37-23/h7,18,20H,1,8-17H2,2-6H3,(H,29,30,31)/t20-/m0/s1. The SMILES string of the molecule is C=CC(=O)N1CC2(CCN(c3nc4c(c(N[C@H](Cc5nnc(C)s5)CC(C)C)n3)CCC(C)(C)C4)C2)C1. The van der Waals surface area contributed by atoms with E-state index in [1.807, 2.05) is 11.8 Å². The molecular formula is C28H41N7OS. The third kappa shape index (κ3) is 5.66. The van der Waals surface area contributed by atoms with E-state index >= 15 is 0 Å². The van der Waals surface area contributed by atoms with Gasteiger partial charge in [-0.1, -0.05) is 34.3 Å². The molecule has 1 aliphatic carbocycles. The molecule has 1 N–H and O–H groups in total. The van der Waals surface area contributed by atoms with E-state index in [0.717, 1.165) is 86.5 Å². The maximum atomic E-state index is 12.0. The Balaban J connectivity index is 1.41. The van der Waals surface area contributed by atoms with Crippen LogP contribution in [0.4, 0.5) is 11.8 Å². The van der Waals surface area contributed by atoms with Crippen molar-refractivity contribution in [3.63, 3.8) is 0 Å². The summed E-state index contributed by atoms with van der Waals surface area (Å²) in [6.45, 7) is 18.3. The zero-order valence-electron chi connectivity index (χ0n) is 23.0. The number of hydrogen-bond donors (Lipinski definition) is 1. The molecule has 0 radical (unpaired) electrons. The van der Waals surface area contributed by atoms with Crippen LogP contribution in [-0.4, -0.2) is 63.2 Å². The number of aryl methyl sites for hydroxylation is 1. The van der Waals surface area contributed by atoms with Crippen LogP contribution in [0.15, 0.2) is 12.7 Å². The van der Waals surface area contributed by atoms with E-state index in [2.05, 4.69) is 54.7 Å². The molecule has 0 saturated carbocycles. The van der Waals surface area contributed by atoms with Crippen molar-refractivity contribution in [3.05, 3.63) is 33.9 Å². The molecule has 0 bridgehead atoms. The van der Waals surface area contributed by atoms with Gasteiger partial charge in [0.15, 0.2) is 0 Å². The maximum absolute atomic E-state index is 12.0. The van der Waals surface area contributed by atoms with Gasteiger partial charge in [0.1, 0.15) is 15.8 Å². The fraction of sp³-hybridized carbons (Fsp3) is 0.679. The van der Waals surface area contributed by atoms with Gasteiger partial charge in [0.05, 0.1) is 5.69 Å². The van der Waals surface area contributed by atoms with Crippen molar-refractivity contribution in [2.45, 2.75) is 79.2 Å². The fourth-order valence-corrected chi connectivity index (χ4v) is 6.98. The van der Waals surface area contributed by atoms with Gasteiger partial charge in [0.2, 0.25) is 11.9 Å². The van der Waals surface area contributed by atoms with Crippen LogP contribution in [0.3, 0.4) is 0 Å². The monoisotopic (exact) mass is 523 g/mol. The van der Waals surface area contributed by atoms with Crippen LogP contribution < -0.4 is 10.2 Å². The third-order valence-electron chi connectivity index (χ3n) is 8.12. The van der Waals surface area contributed by atoms with Gasteiger partial charge in [-0.2, -0.15) is 4.98 Å². The highest BCUT2D eigenvalue weighted by Crippen LogP contribution is 2.42. The lowest BCUT2D eigenvalue weighted by molar-refractivity contribution is -0.136. The summed E-state index contributed by atoms with van der Waals surface area (Å²) in [5.41, 5.74) is 2.87.